The number of nitrogens with one attached hydrogen (secondary N) is 3. The van der Waals surface area contributed by atoms with Crippen molar-refractivity contribution >= 4 is 23.5 Å². The first-order valence-corrected chi connectivity index (χ1v) is 10.5. The fourth-order valence-electron chi connectivity index (χ4n) is 2.70. The molecular weight excluding hydrogens is 402 g/mol. The van der Waals surface area contributed by atoms with Crippen molar-refractivity contribution in [2.75, 3.05) is 11.9 Å². The van der Waals surface area contributed by atoms with E-state index in [9.17, 15) is 19.5 Å². The van der Waals surface area contributed by atoms with E-state index in [0.717, 1.165) is 24.8 Å². The van der Waals surface area contributed by atoms with Gasteiger partial charge in [0.1, 0.15) is 6.04 Å². The molecule has 1 aromatic carbocycles. The molecule has 0 heterocycles. The van der Waals surface area contributed by atoms with Crippen molar-refractivity contribution in [2.24, 2.45) is 0 Å². The lowest BCUT2D eigenvalue weighted by Gasteiger charge is -2.23. The number of amides is 2. The van der Waals surface area contributed by atoms with E-state index in [0.29, 0.717) is 25.1 Å². The molecule has 5 N–H and O–H groups in total. The molecule has 0 saturated heterocycles. The Labute approximate surface area is 183 Å². The van der Waals surface area contributed by atoms with Gasteiger partial charge in [0.2, 0.25) is 11.8 Å². The fourth-order valence-corrected chi connectivity index (χ4v) is 2.70. The van der Waals surface area contributed by atoms with Crippen LogP contribution in [0.5, 0.6) is 0 Å². The monoisotopic (exact) mass is 437 g/mol. The van der Waals surface area contributed by atoms with Crippen LogP contribution in [0.25, 0.3) is 0 Å². The molecule has 0 bridgehead atoms. The standard InChI is InChI=1S/C22H35N3O6/c1-22(2,3)31-15-18(21(28)29)23-14-16-10-12-17(13-11-16)24-19(26)8-6-4-5-7-9-20(27)25-30/h10-13,18,23,30H,4-9,14-15H2,1-3H3,(H,24,26)(H,25,27)(H,28,29). The van der Waals surface area contributed by atoms with Gasteiger partial charge in [0.25, 0.3) is 0 Å². The minimum absolute atomic E-state index is 0.0710. The number of ether oxygens (including phenoxy) is 1. The summed E-state index contributed by atoms with van der Waals surface area (Å²) in [5.41, 5.74) is 2.76. The second-order valence-electron chi connectivity index (χ2n) is 8.39. The topological polar surface area (TPSA) is 137 Å². The molecule has 0 fully saturated rings. The van der Waals surface area contributed by atoms with Crippen molar-refractivity contribution in [1.29, 1.82) is 0 Å². The number of hydrogen-bond donors (Lipinski definition) is 5. The summed E-state index contributed by atoms with van der Waals surface area (Å²) in [7, 11) is 0. The smallest absolute Gasteiger partial charge is 0.323 e. The van der Waals surface area contributed by atoms with Gasteiger partial charge in [-0.15, -0.1) is 0 Å². The van der Waals surface area contributed by atoms with Crippen molar-refractivity contribution in [3.63, 3.8) is 0 Å². The van der Waals surface area contributed by atoms with Crippen LogP contribution in [0, 0.1) is 0 Å². The van der Waals surface area contributed by atoms with Gasteiger partial charge >= 0.3 is 5.97 Å². The van der Waals surface area contributed by atoms with Crippen LogP contribution in [0.4, 0.5) is 5.69 Å². The molecule has 2 amide bonds. The Morgan fingerprint density at radius 2 is 1.55 bits per heavy atom. The normalized spacial score (nSPS) is 12.3. The van der Waals surface area contributed by atoms with Crippen LogP contribution in [0.15, 0.2) is 24.3 Å². The van der Waals surface area contributed by atoms with Gasteiger partial charge in [-0.2, -0.15) is 0 Å². The third-order valence-corrected chi connectivity index (χ3v) is 4.45. The van der Waals surface area contributed by atoms with Crippen LogP contribution in [0.3, 0.4) is 0 Å². The maximum Gasteiger partial charge on any atom is 0.323 e. The van der Waals surface area contributed by atoms with Crippen molar-refractivity contribution in [3.8, 4) is 0 Å². The molecule has 0 radical (unpaired) electrons. The first-order valence-electron chi connectivity index (χ1n) is 10.5. The van der Waals surface area contributed by atoms with Crippen LogP contribution < -0.4 is 16.1 Å². The zero-order valence-electron chi connectivity index (χ0n) is 18.6. The summed E-state index contributed by atoms with van der Waals surface area (Å²) in [5, 5.41) is 23.5. The molecule has 31 heavy (non-hydrogen) atoms. The number of benzene rings is 1. The number of hydroxylamine groups is 1. The Bertz CT molecular complexity index is 700. The fraction of sp³-hybridized carbons (Fsp3) is 0.591. The third-order valence-electron chi connectivity index (χ3n) is 4.45. The highest BCUT2D eigenvalue weighted by Crippen LogP contribution is 2.12. The van der Waals surface area contributed by atoms with Gasteiger partial charge in [-0.25, -0.2) is 5.48 Å². The van der Waals surface area contributed by atoms with E-state index in [-0.39, 0.29) is 18.9 Å². The molecule has 1 unspecified atom stereocenters. The van der Waals surface area contributed by atoms with E-state index < -0.39 is 23.5 Å². The van der Waals surface area contributed by atoms with Crippen LogP contribution >= 0.6 is 0 Å². The van der Waals surface area contributed by atoms with Crippen molar-refractivity contribution in [2.45, 2.75) is 77.5 Å². The summed E-state index contributed by atoms with van der Waals surface area (Å²) >= 11 is 0. The first kappa shape index (κ1) is 26.5. The largest absolute Gasteiger partial charge is 0.480 e. The Balaban J connectivity index is 2.33. The zero-order valence-corrected chi connectivity index (χ0v) is 18.6. The van der Waals surface area contributed by atoms with Crippen LogP contribution in [0.2, 0.25) is 0 Å². The van der Waals surface area contributed by atoms with Crippen LogP contribution in [-0.4, -0.2) is 46.3 Å². The quantitative estimate of drug-likeness (QED) is 0.171. The minimum atomic E-state index is -0.968. The first-order chi connectivity index (χ1) is 14.6. The Hall–Kier alpha value is -2.49. The van der Waals surface area contributed by atoms with E-state index in [4.69, 9.17) is 9.94 Å². The minimum Gasteiger partial charge on any atom is -0.480 e. The summed E-state index contributed by atoms with van der Waals surface area (Å²) in [6.45, 7) is 6.06. The van der Waals surface area contributed by atoms with Crippen molar-refractivity contribution in [3.05, 3.63) is 29.8 Å². The van der Waals surface area contributed by atoms with Gasteiger partial charge in [0.05, 0.1) is 12.2 Å². The highest BCUT2D eigenvalue weighted by Gasteiger charge is 2.20. The van der Waals surface area contributed by atoms with Gasteiger partial charge in [-0.05, 0) is 51.3 Å². The maximum absolute atomic E-state index is 12.0. The molecule has 0 aliphatic heterocycles. The second-order valence-corrected chi connectivity index (χ2v) is 8.39. The SMILES string of the molecule is CC(C)(C)OCC(NCc1ccc(NC(=O)CCCCCCC(=O)NO)cc1)C(=O)O. The highest BCUT2D eigenvalue weighted by molar-refractivity contribution is 5.90. The lowest BCUT2D eigenvalue weighted by atomic mass is 10.1. The number of carbonyl (C=O) groups is 3. The van der Waals surface area contributed by atoms with E-state index in [2.05, 4.69) is 10.6 Å². The second kappa shape index (κ2) is 13.7. The van der Waals surface area contributed by atoms with Gasteiger partial charge in [-0.3, -0.25) is 24.9 Å². The molecule has 0 spiro atoms. The number of carboxylic acids is 1. The number of carbonyl (C=O) groups excluding carboxylic acids is 2. The van der Waals surface area contributed by atoms with Crippen LogP contribution in [-0.2, 0) is 25.7 Å². The molecular formula is C22H35N3O6. The Kier molecular flexibility index (Phi) is 11.8. The van der Waals surface area contributed by atoms with Crippen molar-refractivity contribution < 1.29 is 29.4 Å². The summed E-state index contributed by atoms with van der Waals surface area (Å²) < 4.78 is 5.55. The van der Waals surface area contributed by atoms with Gasteiger partial charge in [-0.1, -0.05) is 25.0 Å². The van der Waals surface area contributed by atoms with Gasteiger partial charge < -0.3 is 15.2 Å². The van der Waals surface area contributed by atoms with E-state index in [1.165, 1.54) is 0 Å². The lowest BCUT2D eigenvalue weighted by molar-refractivity contribution is -0.142. The molecule has 0 aromatic heterocycles. The summed E-state index contributed by atoms with van der Waals surface area (Å²) in [6.07, 6.45) is 3.72. The zero-order chi connectivity index (χ0) is 23.3. The summed E-state index contributed by atoms with van der Waals surface area (Å²) in [6, 6.07) is 6.42. The molecule has 174 valence electrons. The number of rotatable bonds is 14. The van der Waals surface area contributed by atoms with Crippen molar-refractivity contribution in [1.82, 2.24) is 10.8 Å². The summed E-state index contributed by atoms with van der Waals surface area (Å²) in [4.78, 5) is 34.3. The number of hydrogen-bond acceptors (Lipinski definition) is 6. The molecule has 0 aliphatic rings. The molecule has 9 nitrogen and oxygen atoms in total. The maximum atomic E-state index is 12.0. The number of anilines is 1. The third kappa shape index (κ3) is 12.7. The average Bonchev–Trinajstić information content (AvgIpc) is 2.70. The highest BCUT2D eigenvalue weighted by atomic mass is 16.5. The van der Waals surface area contributed by atoms with Crippen LogP contribution in [0.1, 0.15) is 64.9 Å². The molecule has 9 heteroatoms. The number of carboxylic acid groups (broad SMARTS) is 1. The average molecular weight is 438 g/mol. The predicted octanol–water partition coefficient (Wildman–Crippen LogP) is 2.83. The van der Waals surface area contributed by atoms with E-state index in [1.54, 1.807) is 17.6 Å². The predicted molar refractivity (Wildman–Crippen MR) is 117 cm³/mol. The molecule has 1 atom stereocenters. The molecule has 0 saturated carbocycles. The van der Waals surface area contributed by atoms with Gasteiger partial charge in [0, 0.05) is 25.1 Å². The molecule has 0 aliphatic carbocycles. The Morgan fingerprint density at radius 1 is 0.968 bits per heavy atom. The molecule has 1 rings (SSSR count). The van der Waals surface area contributed by atoms with Gasteiger partial charge in [0.15, 0.2) is 0 Å². The molecule has 1 aromatic rings. The Morgan fingerprint density at radius 3 is 2.06 bits per heavy atom. The lowest BCUT2D eigenvalue weighted by Crippen LogP contribution is -2.42. The van der Waals surface area contributed by atoms with E-state index >= 15 is 0 Å². The number of aliphatic carboxylic acids is 1. The van der Waals surface area contributed by atoms with E-state index in [1.807, 2.05) is 32.9 Å². The summed E-state index contributed by atoms with van der Waals surface area (Å²) in [5.74, 6) is -1.44. The number of unbranched alkanes of at least 4 members (excludes halogenated alkanes) is 3.